The van der Waals surface area contributed by atoms with Gasteiger partial charge >= 0.3 is 5.97 Å². The van der Waals surface area contributed by atoms with Gasteiger partial charge < -0.3 is 14.8 Å². The van der Waals surface area contributed by atoms with E-state index in [-0.39, 0.29) is 6.42 Å². The van der Waals surface area contributed by atoms with E-state index in [0.29, 0.717) is 17.7 Å². The van der Waals surface area contributed by atoms with Crippen LogP contribution >= 0.6 is 0 Å². The Bertz CT molecular complexity index is 972. The second-order valence-electron chi connectivity index (χ2n) is 6.62. The Balaban J connectivity index is 1.66. The van der Waals surface area contributed by atoms with Crippen molar-refractivity contribution in [3.05, 3.63) is 95.8 Å². The van der Waals surface area contributed by atoms with E-state index in [1.165, 1.54) is 24.3 Å². The molecule has 0 aliphatic rings. The molecular formula is C24H22FNO4. The number of esters is 1. The molecule has 0 aromatic heterocycles. The fourth-order valence-electron chi connectivity index (χ4n) is 2.87. The van der Waals surface area contributed by atoms with Crippen LogP contribution in [0.4, 0.5) is 10.1 Å². The second-order valence-corrected chi connectivity index (χ2v) is 6.62. The quantitative estimate of drug-likeness (QED) is 0.550. The van der Waals surface area contributed by atoms with Gasteiger partial charge in [-0.2, -0.15) is 0 Å². The molecule has 0 heterocycles. The second kappa shape index (κ2) is 10.2. The van der Waals surface area contributed by atoms with E-state index < -0.39 is 23.8 Å². The Morgan fingerprint density at radius 3 is 2.23 bits per heavy atom. The highest BCUT2D eigenvalue weighted by Gasteiger charge is 2.25. The summed E-state index contributed by atoms with van der Waals surface area (Å²) in [7, 11) is 1.59. The van der Waals surface area contributed by atoms with Gasteiger partial charge in [0.15, 0.2) is 0 Å². The number of carbonyl (C=O) groups is 2. The fourth-order valence-corrected chi connectivity index (χ4v) is 2.87. The summed E-state index contributed by atoms with van der Waals surface area (Å²) in [5.74, 6) is -0.667. The Hall–Kier alpha value is -3.67. The van der Waals surface area contributed by atoms with Gasteiger partial charge in [-0.1, -0.05) is 42.5 Å². The summed E-state index contributed by atoms with van der Waals surface area (Å²) in [6, 6.07) is 21.5. The van der Waals surface area contributed by atoms with Gasteiger partial charge in [0.05, 0.1) is 7.11 Å². The SMILES string of the molecule is COc1ccc(CCC(=O)O[C@H](C(=O)Nc2ccc(F)cc2)c2ccccc2)cc1. The Labute approximate surface area is 174 Å². The van der Waals surface area contributed by atoms with E-state index in [4.69, 9.17) is 9.47 Å². The monoisotopic (exact) mass is 407 g/mol. The number of ether oxygens (including phenoxy) is 2. The van der Waals surface area contributed by atoms with Crippen molar-refractivity contribution in [1.29, 1.82) is 0 Å². The number of methoxy groups -OCH3 is 1. The third-order valence-corrected chi connectivity index (χ3v) is 4.48. The number of halogens is 1. The standard InChI is InChI=1S/C24H22FNO4/c1-29-21-14-7-17(8-15-21)9-16-22(27)30-23(18-5-3-2-4-6-18)24(28)26-20-12-10-19(25)11-13-20/h2-8,10-15,23H,9,16H2,1H3,(H,26,28)/t23-/m0/s1. The molecule has 0 spiro atoms. The molecule has 0 unspecified atom stereocenters. The fraction of sp³-hybridized carbons (Fsp3) is 0.167. The molecule has 0 fully saturated rings. The molecule has 0 aliphatic carbocycles. The summed E-state index contributed by atoms with van der Waals surface area (Å²) >= 11 is 0. The minimum Gasteiger partial charge on any atom is -0.497 e. The van der Waals surface area contributed by atoms with Gasteiger partial charge in [-0.3, -0.25) is 9.59 Å². The van der Waals surface area contributed by atoms with Crippen molar-refractivity contribution < 1.29 is 23.5 Å². The van der Waals surface area contributed by atoms with Gasteiger partial charge in [-0.05, 0) is 48.4 Å². The number of hydrogen-bond acceptors (Lipinski definition) is 4. The number of rotatable bonds is 8. The van der Waals surface area contributed by atoms with Crippen molar-refractivity contribution in [3.8, 4) is 5.75 Å². The molecule has 1 atom stereocenters. The van der Waals surface area contributed by atoms with Crippen LogP contribution in [0.3, 0.4) is 0 Å². The zero-order chi connectivity index (χ0) is 21.3. The normalized spacial score (nSPS) is 11.4. The largest absolute Gasteiger partial charge is 0.497 e. The van der Waals surface area contributed by atoms with Gasteiger partial charge in [0.1, 0.15) is 11.6 Å². The minimum atomic E-state index is -1.11. The van der Waals surface area contributed by atoms with Gasteiger partial charge in [0.2, 0.25) is 6.10 Å². The van der Waals surface area contributed by atoms with Crippen molar-refractivity contribution in [3.63, 3.8) is 0 Å². The minimum absolute atomic E-state index is 0.124. The topological polar surface area (TPSA) is 64.6 Å². The van der Waals surface area contributed by atoms with Crippen molar-refractivity contribution in [2.75, 3.05) is 12.4 Å². The van der Waals surface area contributed by atoms with E-state index in [2.05, 4.69) is 5.32 Å². The zero-order valence-corrected chi connectivity index (χ0v) is 16.5. The predicted molar refractivity (Wildman–Crippen MR) is 112 cm³/mol. The van der Waals surface area contributed by atoms with Crippen LogP contribution < -0.4 is 10.1 Å². The maximum absolute atomic E-state index is 13.1. The lowest BCUT2D eigenvalue weighted by Gasteiger charge is -2.18. The van der Waals surface area contributed by atoms with Crippen LogP contribution in [0.1, 0.15) is 23.7 Å². The molecule has 0 saturated heterocycles. The summed E-state index contributed by atoms with van der Waals surface area (Å²) in [5, 5.41) is 2.66. The zero-order valence-electron chi connectivity index (χ0n) is 16.5. The lowest BCUT2D eigenvalue weighted by atomic mass is 10.1. The molecule has 0 saturated carbocycles. The lowest BCUT2D eigenvalue weighted by molar-refractivity contribution is -0.154. The highest BCUT2D eigenvalue weighted by atomic mass is 19.1. The lowest BCUT2D eigenvalue weighted by Crippen LogP contribution is -2.26. The number of hydrogen-bond donors (Lipinski definition) is 1. The van der Waals surface area contributed by atoms with Crippen LogP contribution in [0.5, 0.6) is 5.75 Å². The van der Waals surface area contributed by atoms with Crippen LogP contribution in [0.15, 0.2) is 78.9 Å². The highest BCUT2D eigenvalue weighted by molar-refractivity contribution is 5.96. The maximum Gasteiger partial charge on any atom is 0.307 e. The molecule has 3 aromatic carbocycles. The number of aryl methyl sites for hydroxylation is 1. The first-order valence-electron chi connectivity index (χ1n) is 9.49. The first kappa shape index (κ1) is 21.0. The number of anilines is 1. The smallest absolute Gasteiger partial charge is 0.307 e. The maximum atomic E-state index is 13.1. The molecule has 1 amide bonds. The van der Waals surface area contributed by atoms with Crippen LogP contribution in [-0.4, -0.2) is 19.0 Å². The summed E-state index contributed by atoms with van der Waals surface area (Å²) in [6.07, 6.45) is -0.511. The number of nitrogens with one attached hydrogen (secondary N) is 1. The van der Waals surface area contributed by atoms with Crippen molar-refractivity contribution >= 4 is 17.6 Å². The third-order valence-electron chi connectivity index (χ3n) is 4.48. The van der Waals surface area contributed by atoms with E-state index in [1.54, 1.807) is 31.4 Å². The van der Waals surface area contributed by atoms with Gasteiger partial charge in [0.25, 0.3) is 5.91 Å². The van der Waals surface area contributed by atoms with Crippen molar-refractivity contribution in [2.45, 2.75) is 18.9 Å². The summed E-state index contributed by atoms with van der Waals surface area (Å²) in [4.78, 5) is 25.2. The third kappa shape index (κ3) is 5.91. The van der Waals surface area contributed by atoms with E-state index in [0.717, 1.165) is 11.3 Å². The Morgan fingerprint density at radius 1 is 0.933 bits per heavy atom. The van der Waals surface area contributed by atoms with Crippen LogP contribution in [0, 0.1) is 5.82 Å². The molecule has 154 valence electrons. The van der Waals surface area contributed by atoms with E-state index in [9.17, 15) is 14.0 Å². The average Bonchev–Trinajstić information content (AvgIpc) is 2.78. The first-order chi connectivity index (χ1) is 14.5. The first-order valence-corrected chi connectivity index (χ1v) is 9.49. The van der Waals surface area contributed by atoms with Gasteiger partial charge in [0, 0.05) is 17.7 Å². The highest BCUT2D eigenvalue weighted by Crippen LogP contribution is 2.21. The molecular weight excluding hydrogens is 385 g/mol. The van der Waals surface area contributed by atoms with Crippen LogP contribution in [-0.2, 0) is 20.7 Å². The summed E-state index contributed by atoms with van der Waals surface area (Å²) in [6.45, 7) is 0. The Morgan fingerprint density at radius 2 is 1.60 bits per heavy atom. The molecule has 0 radical (unpaired) electrons. The average molecular weight is 407 g/mol. The predicted octanol–water partition coefficient (Wildman–Crippen LogP) is 4.69. The molecule has 30 heavy (non-hydrogen) atoms. The molecule has 5 nitrogen and oxygen atoms in total. The Kier molecular flexibility index (Phi) is 7.16. The number of benzene rings is 3. The van der Waals surface area contributed by atoms with Crippen molar-refractivity contribution in [2.24, 2.45) is 0 Å². The van der Waals surface area contributed by atoms with Crippen molar-refractivity contribution in [1.82, 2.24) is 0 Å². The van der Waals surface area contributed by atoms with E-state index in [1.807, 2.05) is 30.3 Å². The molecule has 1 N–H and O–H groups in total. The molecule has 3 aromatic rings. The van der Waals surface area contributed by atoms with Crippen LogP contribution in [0.2, 0.25) is 0 Å². The van der Waals surface area contributed by atoms with E-state index >= 15 is 0 Å². The summed E-state index contributed by atoms with van der Waals surface area (Å²) < 4.78 is 23.7. The van der Waals surface area contributed by atoms with Gasteiger partial charge in [-0.25, -0.2) is 4.39 Å². The molecule has 0 bridgehead atoms. The molecule has 3 rings (SSSR count). The van der Waals surface area contributed by atoms with Gasteiger partial charge in [-0.15, -0.1) is 0 Å². The van der Waals surface area contributed by atoms with Crippen LogP contribution in [0.25, 0.3) is 0 Å². The number of amides is 1. The number of carbonyl (C=O) groups excluding carboxylic acids is 2. The molecule has 6 heteroatoms. The summed E-state index contributed by atoms with van der Waals surface area (Å²) in [5.41, 5.74) is 1.92. The molecule has 0 aliphatic heterocycles.